The van der Waals surface area contributed by atoms with Crippen LogP contribution in [0, 0.1) is 0 Å². The first-order valence-electron chi connectivity index (χ1n) is 6.77. The van der Waals surface area contributed by atoms with Gasteiger partial charge in [0, 0.05) is 24.0 Å². The molecule has 1 atom stereocenters. The van der Waals surface area contributed by atoms with Crippen molar-refractivity contribution >= 4 is 17.1 Å². The molecule has 3 aromatic heterocycles. The molecule has 6 nitrogen and oxygen atoms in total. The van der Waals surface area contributed by atoms with Crippen LogP contribution in [0.2, 0.25) is 0 Å². The number of anilines is 1. The van der Waals surface area contributed by atoms with Crippen LogP contribution in [0.3, 0.4) is 0 Å². The number of carbonyl (C=O) groups excluding carboxylic acids is 1. The van der Waals surface area contributed by atoms with E-state index in [2.05, 4.69) is 10.3 Å². The van der Waals surface area contributed by atoms with Crippen LogP contribution in [-0.2, 0) is 4.79 Å². The van der Waals surface area contributed by atoms with Crippen molar-refractivity contribution in [3.05, 3.63) is 70.8 Å². The molecular formula is C16H11N3O3. The summed E-state index contributed by atoms with van der Waals surface area (Å²) in [5.74, 6) is 0.0808. The minimum absolute atomic E-state index is 0.158. The zero-order valence-corrected chi connectivity index (χ0v) is 11.4. The normalized spacial score (nSPS) is 16.7. The first-order valence-corrected chi connectivity index (χ1v) is 6.77. The van der Waals surface area contributed by atoms with Crippen LogP contribution >= 0.6 is 0 Å². The average Bonchev–Trinajstić information content (AvgIpc) is 2.55. The number of nitrogens with zero attached hydrogens (tertiary/aromatic N) is 2. The topological polar surface area (TPSA) is 72.7 Å². The molecule has 0 aliphatic carbocycles. The highest BCUT2D eigenvalue weighted by Crippen LogP contribution is 2.33. The molecule has 1 unspecified atom stereocenters. The van der Waals surface area contributed by atoms with Crippen LogP contribution in [-0.4, -0.2) is 15.3 Å². The van der Waals surface area contributed by atoms with E-state index in [0.29, 0.717) is 22.6 Å². The van der Waals surface area contributed by atoms with Crippen LogP contribution in [0.1, 0.15) is 11.7 Å². The second kappa shape index (κ2) is 4.70. The number of fused-ring (bicyclic) bond motifs is 2. The summed E-state index contributed by atoms with van der Waals surface area (Å²) < 4.78 is 7.23. The number of hydrogen-bond donors (Lipinski definition) is 1. The third-order valence-corrected chi connectivity index (χ3v) is 3.58. The lowest BCUT2D eigenvalue weighted by Crippen LogP contribution is -2.31. The van der Waals surface area contributed by atoms with Gasteiger partial charge in [-0.2, -0.15) is 0 Å². The third kappa shape index (κ3) is 1.85. The quantitative estimate of drug-likeness (QED) is 0.742. The van der Waals surface area contributed by atoms with Crippen molar-refractivity contribution in [2.75, 3.05) is 5.32 Å². The van der Waals surface area contributed by atoms with E-state index in [0.717, 1.165) is 0 Å². The van der Waals surface area contributed by atoms with E-state index >= 15 is 0 Å². The van der Waals surface area contributed by atoms with Crippen molar-refractivity contribution in [1.82, 2.24) is 9.38 Å². The van der Waals surface area contributed by atoms with Crippen molar-refractivity contribution in [1.29, 1.82) is 0 Å². The average molecular weight is 293 g/mol. The number of nitrogens with one attached hydrogen (secondary N) is 1. The van der Waals surface area contributed by atoms with E-state index in [-0.39, 0.29) is 11.5 Å². The molecule has 1 aliphatic heterocycles. The standard InChI is InChI=1S/C16H11N3O3/c20-13-7-6-10(12-5-1-2-9-19(12)13)14-15(21)18-11-4-3-8-17-16(11)22-14/h1-9,14H,(H,18,21). The molecule has 22 heavy (non-hydrogen) atoms. The van der Waals surface area contributed by atoms with E-state index in [4.69, 9.17) is 4.74 Å². The molecule has 1 amide bonds. The Balaban J connectivity index is 1.88. The van der Waals surface area contributed by atoms with Gasteiger partial charge in [-0.3, -0.25) is 14.0 Å². The molecule has 1 aliphatic rings. The van der Waals surface area contributed by atoms with Crippen LogP contribution < -0.4 is 15.6 Å². The third-order valence-electron chi connectivity index (χ3n) is 3.58. The number of carbonyl (C=O) groups is 1. The van der Waals surface area contributed by atoms with Gasteiger partial charge in [0.15, 0.2) is 0 Å². The molecule has 4 rings (SSSR count). The maximum atomic E-state index is 12.3. The summed E-state index contributed by atoms with van der Waals surface area (Å²) in [6, 6.07) is 11.8. The largest absolute Gasteiger partial charge is 0.458 e. The summed E-state index contributed by atoms with van der Waals surface area (Å²) in [6.45, 7) is 0. The van der Waals surface area contributed by atoms with Crippen molar-refractivity contribution in [2.45, 2.75) is 6.10 Å². The van der Waals surface area contributed by atoms with Crippen LogP contribution in [0.5, 0.6) is 5.88 Å². The summed E-state index contributed by atoms with van der Waals surface area (Å²) in [5, 5.41) is 2.77. The lowest BCUT2D eigenvalue weighted by molar-refractivity contribution is -0.123. The zero-order chi connectivity index (χ0) is 15.1. The fourth-order valence-electron chi connectivity index (χ4n) is 2.57. The first-order chi connectivity index (χ1) is 10.7. The molecule has 0 fully saturated rings. The fraction of sp³-hybridized carbons (Fsp3) is 0.0625. The highest BCUT2D eigenvalue weighted by molar-refractivity contribution is 5.98. The van der Waals surface area contributed by atoms with Crippen molar-refractivity contribution in [3.63, 3.8) is 0 Å². The van der Waals surface area contributed by atoms with E-state index < -0.39 is 6.10 Å². The van der Waals surface area contributed by atoms with Crippen LogP contribution in [0.25, 0.3) is 5.52 Å². The number of rotatable bonds is 1. The van der Waals surface area contributed by atoms with E-state index in [1.165, 1.54) is 10.5 Å². The van der Waals surface area contributed by atoms with Gasteiger partial charge in [-0.25, -0.2) is 4.98 Å². The highest BCUT2D eigenvalue weighted by Gasteiger charge is 2.31. The lowest BCUT2D eigenvalue weighted by atomic mass is 10.1. The van der Waals surface area contributed by atoms with Gasteiger partial charge in [-0.05, 0) is 30.3 Å². The molecule has 0 bridgehead atoms. The molecule has 108 valence electrons. The molecule has 0 saturated heterocycles. The van der Waals surface area contributed by atoms with Gasteiger partial charge >= 0.3 is 0 Å². The second-order valence-corrected chi connectivity index (χ2v) is 4.93. The second-order valence-electron chi connectivity index (χ2n) is 4.93. The number of pyridine rings is 3. The number of hydrogen-bond acceptors (Lipinski definition) is 4. The fourth-order valence-corrected chi connectivity index (χ4v) is 2.57. The molecule has 0 saturated carbocycles. The number of amides is 1. The highest BCUT2D eigenvalue weighted by atomic mass is 16.5. The SMILES string of the molecule is O=C1Nc2cccnc2OC1c1ccc(=O)n2ccccc12. The number of aromatic nitrogens is 2. The van der Waals surface area contributed by atoms with Gasteiger partial charge in [0.1, 0.15) is 5.69 Å². The van der Waals surface area contributed by atoms with Crippen LogP contribution in [0.4, 0.5) is 5.69 Å². The molecule has 1 N–H and O–H groups in total. The Hall–Kier alpha value is -3.15. The molecular weight excluding hydrogens is 282 g/mol. The summed E-state index contributed by atoms with van der Waals surface area (Å²) in [7, 11) is 0. The molecule has 0 spiro atoms. The van der Waals surface area contributed by atoms with Gasteiger partial charge in [0.05, 0.1) is 5.52 Å². The molecule has 4 heterocycles. The minimum atomic E-state index is -0.847. The maximum absolute atomic E-state index is 12.3. The van der Waals surface area contributed by atoms with Crippen molar-refractivity contribution < 1.29 is 9.53 Å². The Bertz CT molecular complexity index is 949. The summed E-state index contributed by atoms with van der Waals surface area (Å²) >= 11 is 0. The Labute approximate surface area is 125 Å². The van der Waals surface area contributed by atoms with E-state index in [1.807, 2.05) is 6.07 Å². The monoisotopic (exact) mass is 293 g/mol. The Morgan fingerprint density at radius 2 is 2.00 bits per heavy atom. The van der Waals surface area contributed by atoms with E-state index in [9.17, 15) is 9.59 Å². The van der Waals surface area contributed by atoms with Gasteiger partial charge in [-0.1, -0.05) is 6.07 Å². The van der Waals surface area contributed by atoms with Gasteiger partial charge in [-0.15, -0.1) is 0 Å². The molecule has 0 radical (unpaired) electrons. The van der Waals surface area contributed by atoms with Crippen molar-refractivity contribution in [3.8, 4) is 5.88 Å². The summed E-state index contributed by atoms with van der Waals surface area (Å²) in [6.07, 6.45) is 2.41. The van der Waals surface area contributed by atoms with E-state index in [1.54, 1.807) is 42.7 Å². The van der Waals surface area contributed by atoms with Gasteiger partial charge < -0.3 is 10.1 Å². The molecule has 0 aromatic carbocycles. The zero-order valence-electron chi connectivity index (χ0n) is 11.4. The van der Waals surface area contributed by atoms with Crippen molar-refractivity contribution in [2.24, 2.45) is 0 Å². The first kappa shape index (κ1) is 12.6. The minimum Gasteiger partial charge on any atom is -0.458 e. The van der Waals surface area contributed by atoms with Gasteiger partial charge in [0.25, 0.3) is 11.5 Å². The molecule has 6 heteroatoms. The summed E-state index contributed by atoms with van der Waals surface area (Å²) in [5.41, 5.74) is 1.64. The number of ether oxygens (including phenoxy) is 1. The summed E-state index contributed by atoms with van der Waals surface area (Å²) in [4.78, 5) is 28.4. The predicted molar refractivity (Wildman–Crippen MR) is 79.9 cm³/mol. The van der Waals surface area contributed by atoms with Crippen LogP contribution in [0.15, 0.2) is 59.7 Å². The molecule has 3 aromatic rings. The Kier molecular flexibility index (Phi) is 2.69. The Morgan fingerprint density at radius 1 is 1.09 bits per heavy atom. The lowest BCUT2D eigenvalue weighted by Gasteiger charge is -2.25. The van der Waals surface area contributed by atoms with Gasteiger partial charge in [0.2, 0.25) is 12.0 Å². The maximum Gasteiger partial charge on any atom is 0.270 e. The Morgan fingerprint density at radius 3 is 2.91 bits per heavy atom. The smallest absolute Gasteiger partial charge is 0.270 e. The predicted octanol–water partition coefficient (Wildman–Crippen LogP) is 1.77.